The minimum atomic E-state index is -3.68. The second kappa shape index (κ2) is 10.6. The van der Waals surface area contributed by atoms with E-state index < -0.39 is 13.3 Å². The van der Waals surface area contributed by atoms with E-state index in [2.05, 4.69) is 15.3 Å². The van der Waals surface area contributed by atoms with Gasteiger partial charge in [-0.2, -0.15) is 0 Å². The van der Waals surface area contributed by atoms with Gasteiger partial charge in [0.1, 0.15) is 11.5 Å². The maximum atomic E-state index is 14.0. The van der Waals surface area contributed by atoms with Crippen molar-refractivity contribution in [1.29, 1.82) is 0 Å². The van der Waals surface area contributed by atoms with Crippen molar-refractivity contribution in [2.24, 2.45) is 0 Å². The Morgan fingerprint density at radius 2 is 1.60 bits per heavy atom. The Balaban J connectivity index is 2.55. The van der Waals surface area contributed by atoms with Crippen LogP contribution >= 0.6 is 7.60 Å². The van der Waals surface area contributed by atoms with E-state index in [-0.39, 0.29) is 36.0 Å². The Hall–Kier alpha value is -2.35. The van der Waals surface area contributed by atoms with Crippen molar-refractivity contribution in [1.82, 2.24) is 9.97 Å². The molecule has 0 radical (unpaired) electrons. The first-order valence-corrected chi connectivity index (χ1v) is 11.2. The lowest BCUT2D eigenvalue weighted by molar-refractivity contribution is 0.137. The number of benzene rings is 1. The number of nitrogens with zero attached hydrogens (tertiary/aromatic N) is 2. The summed E-state index contributed by atoms with van der Waals surface area (Å²) in [5.41, 5.74) is -0.185. The fraction of sp³-hybridized carbons (Fsp3) is 0.500. The zero-order valence-corrected chi connectivity index (χ0v) is 19.1. The van der Waals surface area contributed by atoms with Crippen LogP contribution in [-0.4, -0.2) is 48.0 Å². The molecule has 0 aliphatic rings. The predicted molar refractivity (Wildman–Crippen MR) is 115 cm³/mol. The molecule has 0 saturated carbocycles. The second-order valence-electron chi connectivity index (χ2n) is 7.11. The molecule has 1 aromatic carbocycles. The maximum absolute atomic E-state index is 14.0. The molecule has 1 heterocycles. The van der Waals surface area contributed by atoms with E-state index >= 15 is 0 Å². The molecule has 2 rings (SSSR count). The van der Waals surface area contributed by atoms with E-state index in [1.165, 1.54) is 14.2 Å². The molecular weight excluding hydrogens is 409 g/mol. The topological polar surface area (TPSA) is 112 Å². The second-order valence-corrected chi connectivity index (χ2v) is 9.23. The van der Waals surface area contributed by atoms with E-state index in [1.54, 1.807) is 58.4 Å². The lowest BCUT2D eigenvalue weighted by atomic mass is 10.1. The van der Waals surface area contributed by atoms with Crippen LogP contribution in [-0.2, 0) is 13.6 Å². The number of anilines is 1. The fourth-order valence-electron chi connectivity index (χ4n) is 2.87. The summed E-state index contributed by atoms with van der Waals surface area (Å²) in [7, 11) is -0.819. The Morgan fingerprint density at radius 3 is 2.03 bits per heavy atom. The van der Waals surface area contributed by atoms with Crippen LogP contribution in [0.5, 0.6) is 17.2 Å². The Morgan fingerprint density at radius 1 is 1.03 bits per heavy atom. The molecule has 0 spiro atoms. The van der Waals surface area contributed by atoms with Crippen molar-refractivity contribution < 1.29 is 28.2 Å². The van der Waals surface area contributed by atoms with Crippen LogP contribution in [0.4, 0.5) is 5.82 Å². The molecule has 0 fully saturated rings. The van der Waals surface area contributed by atoms with Crippen LogP contribution in [0, 0.1) is 0 Å². The van der Waals surface area contributed by atoms with Crippen LogP contribution in [0.15, 0.2) is 30.7 Å². The smallest absolute Gasteiger partial charge is 0.340 e. The molecule has 0 aliphatic heterocycles. The first-order valence-electron chi connectivity index (χ1n) is 9.61. The Bertz CT molecular complexity index is 824. The molecule has 0 amide bonds. The molecule has 10 heteroatoms. The molecule has 30 heavy (non-hydrogen) atoms. The summed E-state index contributed by atoms with van der Waals surface area (Å²) in [4.78, 5) is 8.23. The number of phenols is 1. The number of hydrogen-bond acceptors (Lipinski definition) is 9. The quantitative estimate of drug-likeness (QED) is 0.492. The summed E-state index contributed by atoms with van der Waals surface area (Å²) in [6.07, 6.45) is 4.00. The van der Waals surface area contributed by atoms with E-state index in [9.17, 15) is 9.67 Å². The molecule has 0 bridgehead atoms. The minimum absolute atomic E-state index is 0.145. The highest BCUT2D eigenvalue weighted by atomic mass is 31.2. The van der Waals surface area contributed by atoms with Crippen molar-refractivity contribution in [3.63, 3.8) is 0 Å². The molecule has 1 aromatic heterocycles. The summed E-state index contributed by atoms with van der Waals surface area (Å²) in [5, 5.41) is 13.4. The highest BCUT2D eigenvalue weighted by molar-refractivity contribution is 7.54. The third-order valence-electron chi connectivity index (χ3n) is 4.02. The van der Waals surface area contributed by atoms with Gasteiger partial charge < -0.3 is 28.9 Å². The number of rotatable bonds is 11. The number of ether oxygens (including phenoxy) is 2. The molecule has 166 valence electrons. The van der Waals surface area contributed by atoms with Crippen molar-refractivity contribution in [2.75, 3.05) is 26.1 Å². The predicted octanol–water partition coefficient (Wildman–Crippen LogP) is 4.40. The van der Waals surface area contributed by atoms with Gasteiger partial charge in [-0.15, -0.1) is 0 Å². The largest absolute Gasteiger partial charge is 0.502 e. The van der Waals surface area contributed by atoms with Crippen LogP contribution in [0.25, 0.3) is 0 Å². The number of phenolic OH excluding ortho intramolecular Hbond substituents is 1. The molecule has 1 unspecified atom stereocenters. The van der Waals surface area contributed by atoms with E-state index in [0.29, 0.717) is 11.4 Å². The molecule has 9 nitrogen and oxygen atoms in total. The third kappa shape index (κ3) is 6.08. The van der Waals surface area contributed by atoms with Gasteiger partial charge in [0.15, 0.2) is 11.5 Å². The lowest BCUT2D eigenvalue weighted by Crippen LogP contribution is -2.20. The van der Waals surface area contributed by atoms with Gasteiger partial charge in [0.05, 0.1) is 32.6 Å². The molecule has 0 aliphatic carbocycles. The average Bonchev–Trinajstić information content (AvgIpc) is 2.68. The standard InChI is InChI=1S/C20H30N3O6P/c1-13(2)28-30(25,29-14(3)4)18(11-23-19-12-21-7-8-22-19)15-9-16(26-5)20(24)17(10-15)27-6/h7-10,12-14,18,24H,11H2,1-6H3,(H,22,23). The van der Waals surface area contributed by atoms with Crippen molar-refractivity contribution in [2.45, 2.75) is 45.6 Å². The van der Waals surface area contributed by atoms with E-state index in [1.807, 2.05) is 0 Å². The summed E-state index contributed by atoms with van der Waals surface area (Å²) in [6.45, 7) is 7.35. The van der Waals surface area contributed by atoms with Crippen LogP contribution in [0.1, 0.15) is 38.9 Å². The van der Waals surface area contributed by atoms with Gasteiger partial charge in [0.25, 0.3) is 0 Å². The number of methoxy groups -OCH3 is 2. The van der Waals surface area contributed by atoms with Gasteiger partial charge in [0, 0.05) is 18.9 Å². The molecule has 2 aromatic rings. The summed E-state index contributed by atoms with van der Waals surface area (Å²) in [5.74, 6) is 0.749. The number of aromatic nitrogens is 2. The van der Waals surface area contributed by atoms with Crippen molar-refractivity contribution in [3.05, 3.63) is 36.3 Å². The third-order valence-corrected chi connectivity index (χ3v) is 6.70. The molecule has 2 N–H and O–H groups in total. The van der Waals surface area contributed by atoms with Crippen LogP contribution in [0.3, 0.4) is 0 Å². The van der Waals surface area contributed by atoms with Crippen LogP contribution in [0.2, 0.25) is 0 Å². The fourth-order valence-corrected chi connectivity index (χ4v) is 5.22. The van der Waals surface area contributed by atoms with Gasteiger partial charge in [-0.1, -0.05) is 0 Å². The monoisotopic (exact) mass is 439 g/mol. The first kappa shape index (κ1) is 23.9. The molecule has 0 saturated heterocycles. The van der Waals surface area contributed by atoms with E-state index in [4.69, 9.17) is 18.5 Å². The van der Waals surface area contributed by atoms with Gasteiger partial charge in [-0.25, -0.2) is 4.98 Å². The van der Waals surface area contributed by atoms with E-state index in [0.717, 1.165) is 0 Å². The normalized spacial score (nSPS) is 12.8. The van der Waals surface area contributed by atoms with Gasteiger partial charge >= 0.3 is 7.60 Å². The zero-order valence-electron chi connectivity index (χ0n) is 18.2. The molecular formula is C20H30N3O6P. The number of nitrogens with one attached hydrogen (secondary N) is 1. The maximum Gasteiger partial charge on any atom is 0.340 e. The number of aromatic hydroxyl groups is 1. The first-order chi connectivity index (χ1) is 14.2. The average molecular weight is 439 g/mol. The van der Waals surface area contributed by atoms with Gasteiger partial charge in [-0.3, -0.25) is 9.55 Å². The van der Waals surface area contributed by atoms with Crippen molar-refractivity contribution in [3.8, 4) is 17.2 Å². The highest BCUT2D eigenvalue weighted by Gasteiger charge is 2.40. The highest BCUT2D eigenvalue weighted by Crippen LogP contribution is 2.63. The Kier molecular flexibility index (Phi) is 8.46. The van der Waals surface area contributed by atoms with Crippen LogP contribution < -0.4 is 14.8 Å². The minimum Gasteiger partial charge on any atom is -0.502 e. The number of hydrogen-bond donors (Lipinski definition) is 2. The van der Waals surface area contributed by atoms with Crippen molar-refractivity contribution >= 4 is 13.4 Å². The molecule has 1 atom stereocenters. The lowest BCUT2D eigenvalue weighted by Gasteiger charge is -2.31. The summed E-state index contributed by atoms with van der Waals surface area (Å²) >= 11 is 0. The van der Waals surface area contributed by atoms with Gasteiger partial charge in [0.2, 0.25) is 5.75 Å². The summed E-state index contributed by atoms with van der Waals surface area (Å²) in [6, 6.07) is 3.20. The van der Waals surface area contributed by atoms with Gasteiger partial charge in [-0.05, 0) is 45.4 Å². The summed E-state index contributed by atoms with van der Waals surface area (Å²) < 4.78 is 36.2. The zero-order chi connectivity index (χ0) is 22.3. The SMILES string of the molecule is COc1cc(C(CNc2cnccn2)P(=O)(OC(C)C)OC(C)C)cc(OC)c1O. The Labute approximate surface area is 177 Å².